The van der Waals surface area contributed by atoms with Crippen LogP contribution in [0, 0.1) is 0 Å². The van der Waals surface area contributed by atoms with Gasteiger partial charge in [0.1, 0.15) is 0 Å². The first kappa shape index (κ1) is 11.1. The van der Waals surface area contributed by atoms with Crippen LogP contribution in [0.4, 0.5) is 13.2 Å². The molecule has 5 nitrogen and oxygen atoms in total. The van der Waals surface area contributed by atoms with E-state index in [2.05, 4.69) is 5.16 Å². The van der Waals surface area contributed by atoms with E-state index in [4.69, 9.17) is 16.0 Å². The van der Waals surface area contributed by atoms with Gasteiger partial charge in [-0.2, -0.15) is 13.2 Å². The van der Waals surface area contributed by atoms with Gasteiger partial charge in [-0.25, -0.2) is 0 Å². The molecule has 1 fully saturated rings. The third-order valence-corrected chi connectivity index (χ3v) is 2.01. The highest BCUT2D eigenvalue weighted by Gasteiger charge is 2.60. The Hall–Kier alpha value is -1.02. The minimum Gasteiger partial charge on any atom is -0.409 e. The average Bonchev–Trinajstić information content (AvgIpc) is 1.99. The highest BCUT2D eigenvalue weighted by Crippen LogP contribution is 2.37. The first-order valence-electron chi connectivity index (χ1n) is 3.76. The Bertz CT molecular complexity index is 247. The van der Waals surface area contributed by atoms with E-state index in [9.17, 15) is 13.2 Å². The number of alkyl halides is 3. The zero-order valence-corrected chi connectivity index (χ0v) is 7.12. The van der Waals surface area contributed by atoms with Gasteiger partial charge in [0.25, 0.3) is 0 Å². The minimum absolute atomic E-state index is 0.0884. The Labute approximate surface area is 77.6 Å². The molecule has 1 rings (SSSR count). The zero-order chi connectivity index (χ0) is 11.0. The van der Waals surface area contributed by atoms with Crippen LogP contribution in [-0.4, -0.2) is 52.5 Å². The van der Waals surface area contributed by atoms with Crippen molar-refractivity contribution < 1.29 is 23.5 Å². The van der Waals surface area contributed by atoms with E-state index in [1.54, 1.807) is 0 Å². The van der Waals surface area contributed by atoms with Crippen LogP contribution in [0.15, 0.2) is 5.16 Å². The van der Waals surface area contributed by atoms with Gasteiger partial charge in [-0.05, 0) is 0 Å². The zero-order valence-electron chi connectivity index (χ0n) is 7.12. The molecule has 0 radical (unpaired) electrons. The molecule has 0 bridgehead atoms. The van der Waals surface area contributed by atoms with Crippen molar-refractivity contribution in [2.45, 2.75) is 11.8 Å². The summed E-state index contributed by atoms with van der Waals surface area (Å²) in [5.74, 6) is -0.186. The molecule has 14 heavy (non-hydrogen) atoms. The Morgan fingerprint density at radius 3 is 2.36 bits per heavy atom. The van der Waals surface area contributed by atoms with E-state index in [0.29, 0.717) is 0 Å². The van der Waals surface area contributed by atoms with Crippen molar-refractivity contribution in [2.75, 3.05) is 19.6 Å². The van der Waals surface area contributed by atoms with Crippen molar-refractivity contribution in [3.8, 4) is 0 Å². The fourth-order valence-corrected chi connectivity index (χ4v) is 1.25. The van der Waals surface area contributed by atoms with Gasteiger partial charge in [0.15, 0.2) is 11.4 Å². The van der Waals surface area contributed by atoms with E-state index in [-0.39, 0.29) is 12.4 Å². The van der Waals surface area contributed by atoms with E-state index >= 15 is 0 Å². The predicted octanol–water partition coefficient (Wildman–Crippen LogP) is -0.658. The molecule has 0 aromatic heterocycles. The summed E-state index contributed by atoms with van der Waals surface area (Å²) in [6.45, 7) is -1.19. The van der Waals surface area contributed by atoms with Crippen molar-refractivity contribution in [1.29, 1.82) is 0 Å². The number of rotatable bonds is 2. The molecule has 0 spiro atoms. The summed E-state index contributed by atoms with van der Waals surface area (Å²) in [7, 11) is 0. The Balaban J connectivity index is 2.44. The maximum absolute atomic E-state index is 12.1. The third-order valence-electron chi connectivity index (χ3n) is 2.01. The SMILES string of the molecule is NC(CN1CC(O)(C(F)(F)F)C1)=NO. The van der Waals surface area contributed by atoms with E-state index < -0.39 is 24.9 Å². The number of halogens is 3. The molecular formula is C6H10F3N3O2. The summed E-state index contributed by atoms with van der Waals surface area (Å²) in [6, 6.07) is 0. The molecule has 82 valence electrons. The van der Waals surface area contributed by atoms with Gasteiger partial charge in [0.05, 0.1) is 6.54 Å². The summed E-state index contributed by atoms with van der Waals surface area (Å²) in [5, 5.41) is 19.7. The summed E-state index contributed by atoms with van der Waals surface area (Å²) >= 11 is 0. The molecule has 1 heterocycles. The number of amidine groups is 1. The van der Waals surface area contributed by atoms with Crippen LogP contribution in [0.3, 0.4) is 0 Å². The molecule has 8 heteroatoms. The number of oxime groups is 1. The van der Waals surface area contributed by atoms with E-state index in [1.165, 1.54) is 4.90 Å². The first-order chi connectivity index (χ1) is 6.28. The summed E-state index contributed by atoms with van der Waals surface area (Å²) in [5.41, 5.74) is 2.43. The van der Waals surface area contributed by atoms with Gasteiger partial charge >= 0.3 is 6.18 Å². The molecule has 0 atom stereocenters. The molecule has 1 aliphatic rings. The molecular weight excluding hydrogens is 203 g/mol. The molecule has 0 aromatic carbocycles. The number of nitrogens with zero attached hydrogens (tertiary/aromatic N) is 2. The molecule has 1 saturated heterocycles. The monoisotopic (exact) mass is 213 g/mol. The molecule has 4 N–H and O–H groups in total. The summed E-state index contributed by atoms with van der Waals surface area (Å²) in [6.07, 6.45) is -4.63. The minimum atomic E-state index is -4.63. The molecule has 0 aromatic rings. The smallest absolute Gasteiger partial charge is 0.409 e. The Morgan fingerprint density at radius 2 is 2.00 bits per heavy atom. The second kappa shape index (κ2) is 3.28. The lowest BCUT2D eigenvalue weighted by Gasteiger charge is -2.46. The van der Waals surface area contributed by atoms with Gasteiger partial charge in [-0.3, -0.25) is 4.90 Å². The molecule has 0 saturated carbocycles. The van der Waals surface area contributed by atoms with Gasteiger partial charge in [-0.1, -0.05) is 5.16 Å². The van der Waals surface area contributed by atoms with Crippen molar-refractivity contribution >= 4 is 5.84 Å². The van der Waals surface area contributed by atoms with Crippen molar-refractivity contribution in [2.24, 2.45) is 10.9 Å². The quantitative estimate of drug-likeness (QED) is 0.246. The van der Waals surface area contributed by atoms with Gasteiger partial charge in [0.2, 0.25) is 0 Å². The van der Waals surface area contributed by atoms with Gasteiger partial charge < -0.3 is 16.0 Å². The lowest BCUT2D eigenvalue weighted by molar-refractivity contribution is -0.299. The molecule has 0 amide bonds. The van der Waals surface area contributed by atoms with Crippen LogP contribution < -0.4 is 5.73 Å². The van der Waals surface area contributed by atoms with Crippen molar-refractivity contribution in [3.05, 3.63) is 0 Å². The number of nitrogens with two attached hydrogens (primary N) is 1. The molecule has 1 aliphatic heterocycles. The maximum Gasteiger partial charge on any atom is 0.419 e. The van der Waals surface area contributed by atoms with Gasteiger partial charge in [-0.15, -0.1) is 0 Å². The highest BCUT2D eigenvalue weighted by atomic mass is 19.4. The largest absolute Gasteiger partial charge is 0.419 e. The maximum atomic E-state index is 12.1. The fourth-order valence-electron chi connectivity index (χ4n) is 1.25. The normalized spacial score (nSPS) is 23.3. The van der Waals surface area contributed by atoms with Gasteiger partial charge in [0, 0.05) is 13.1 Å². The van der Waals surface area contributed by atoms with Crippen LogP contribution in [0.2, 0.25) is 0 Å². The number of likely N-dealkylation sites (tertiary alicyclic amines) is 1. The number of hydrogen-bond acceptors (Lipinski definition) is 4. The number of hydrogen-bond donors (Lipinski definition) is 3. The van der Waals surface area contributed by atoms with Crippen molar-refractivity contribution in [3.63, 3.8) is 0 Å². The topological polar surface area (TPSA) is 82.1 Å². The first-order valence-corrected chi connectivity index (χ1v) is 3.76. The molecule has 0 aliphatic carbocycles. The van der Waals surface area contributed by atoms with E-state index in [1.807, 2.05) is 0 Å². The van der Waals surface area contributed by atoms with Crippen LogP contribution in [0.5, 0.6) is 0 Å². The Morgan fingerprint density at radius 1 is 1.50 bits per heavy atom. The second-order valence-corrected chi connectivity index (χ2v) is 3.27. The standard InChI is InChI=1S/C6H10F3N3O2/c7-6(8,9)5(13)2-12(3-5)1-4(10)11-14/h13-14H,1-3H2,(H2,10,11). The third kappa shape index (κ3) is 1.90. The predicted molar refractivity (Wildman–Crippen MR) is 40.9 cm³/mol. The van der Waals surface area contributed by atoms with Crippen LogP contribution in [0.1, 0.15) is 0 Å². The Kier molecular flexibility index (Phi) is 2.59. The number of β-amino-alcohol motifs (C(OH)–C–C–N with tert-alkyl or cyclic N) is 1. The second-order valence-electron chi connectivity index (χ2n) is 3.27. The van der Waals surface area contributed by atoms with Crippen LogP contribution in [-0.2, 0) is 0 Å². The summed E-state index contributed by atoms with van der Waals surface area (Å²) < 4.78 is 36.3. The number of aliphatic hydroxyl groups is 1. The van der Waals surface area contributed by atoms with Crippen molar-refractivity contribution in [1.82, 2.24) is 4.90 Å². The molecule has 0 unspecified atom stereocenters. The van der Waals surface area contributed by atoms with Crippen LogP contribution in [0.25, 0.3) is 0 Å². The highest BCUT2D eigenvalue weighted by molar-refractivity contribution is 5.81. The average molecular weight is 213 g/mol. The van der Waals surface area contributed by atoms with Crippen LogP contribution >= 0.6 is 0 Å². The van der Waals surface area contributed by atoms with E-state index in [0.717, 1.165) is 0 Å². The lowest BCUT2D eigenvalue weighted by atomic mass is 9.93. The fraction of sp³-hybridized carbons (Fsp3) is 0.833. The summed E-state index contributed by atoms with van der Waals surface area (Å²) in [4.78, 5) is 1.22. The lowest BCUT2D eigenvalue weighted by Crippen LogP contribution is -2.69.